The van der Waals surface area contributed by atoms with E-state index < -0.39 is 5.97 Å². The zero-order chi connectivity index (χ0) is 13.0. The van der Waals surface area contributed by atoms with Crippen LogP contribution < -0.4 is 10.1 Å². The van der Waals surface area contributed by atoms with Crippen LogP contribution in [0.2, 0.25) is 0 Å². The summed E-state index contributed by atoms with van der Waals surface area (Å²) in [4.78, 5) is 15.2. The predicted molar refractivity (Wildman–Crippen MR) is 67.8 cm³/mol. The van der Waals surface area contributed by atoms with Gasteiger partial charge in [0, 0.05) is 24.0 Å². The maximum absolute atomic E-state index is 11.2. The molecule has 1 fully saturated rings. The molecule has 18 heavy (non-hydrogen) atoms. The standard InChI is InChI=1S/C13H18N2O3/c1-18-12-8-9(6-7-14-12)15-11-5-3-2-4-10(11)13(16)17/h6-8,10-11H,2-5H2,1H3,(H,14,15)(H,16,17). The third kappa shape index (κ3) is 2.91. The summed E-state index contributed by atoms with van der Waals surface area (Å²) in [5.41, 5.74) is 0.861. The van der Waals surface area contributed by atoms with Gasteiger partial charge in [-0.1, -0.05) is 12.8 Å². The molecule has 1 aliphatic carbocycles. The normalized spacial score (nSPS) is 23.4. The van der Waals surface area contributed by atoms with Gasteiger partial charge in [-0.05, 0) is 18.9 Å². The molecule has 2 N–H and O–H groups in total. The second-order valence-corrected chi connectivity index (χ2v) is 4.57. The van der Waals surface area contributed by atoms with Crippen LogP contribution >= 0.6 is 0 Å². The molecule has 0 aliphatic heterocycles. The van der Waals surface area contributed by atoms with Gasteiger partial charge >= 0.3 is 5.97 Å². The summed E-state index contributed by atoms with van der Waals surface area (Å²) < 4.78 is 5.05. The molecule has 1 aliphatic rings. The van der Waals surface area contributed by atoms with Gasteiger partial charge in [0.15, 0.2) is 0 Å². The van der Waals surface area contributed by atoms with Gasteiger partial charge < -0.3 is 15.2 Å². The lowest BCUT2D eigenvalue weighted by atomic mass is 9.84. The topological polar surface area (TPSA) is 71.5 Å². The molecule has 1 heterocycles. The molecule has 0 aromatic carbocycles. The van der Waals surface area contributed by atoms with E-state index in [9.17, 15) is 9.90 Å². The Morgan fingerprint density at radius 2 is 2.28 bits per heavy atom. The highest BCUT2D eigenvalue weighted by atomic mass is 16.5. The van der Waals surface area contributed by atoms with Gasteiger partial charge in [0.1, 0.15) is 0 Å². The third-order valence-electron chi connectivity index (χ3n) is 3.38. The van der Waals surface area contributed by atoms with E-state index >= 15 is 0 Å². The number of anilines is 1. The molecule has 2 atom stereocenters. The van der Waals surface area contributed by atoms with Crippen LogP contribution in [0.25, 0.3) is 0 Å². The van der Waals surface area contributed by atoms with Crippen molar-refractivity contribution in [3.05, 3.63) is 18.3 Å². The number of nitrogens with one attached hydrogen (secondary N) is 1. The SMILES string of the molecule is COc1cc(NC2CCCCC2C(=O)O)ccn1. The predicted octanol–water partition coefficient (Wildman–Crippen LogP) is 2.15. The van der Waals surface area contributed by atoms with Crippen molar-refractivity contribution in [2.24, 2.45) is 5.92 Å². The first-order chi connectivity index (χ1) is 8.70. The van der Waals surface area contributed by atoms with Crippen LogP contribution in [0.5, 0.6) is 5.88 Å². The van der Waals surface area contributed by atoms with E-state index in [1.54, 1.807) is 19.4 Å². The molecule has 1 aromatic heterocycles. The number of carboxylic acid groups (broad SMARTS) is 1. The van der Waals surface area contributed by atoms with Gasteiger partial charge in [0.2, 0.25) is 5.88 Å². The number of hydrogen-bond acceptors (Lipinski definition) is 4. The molecular formula is C13H18N2O3. The molecule has 2 unspecified atom stereocenters. The maximum Gasteiger partial charge on any atom is 0.308 e. The van der Waals surface area contributed by atoms with E-state index in [4.69, 9.17) is 4.74 Å². The molecule has 1 saturated carbocycles. The lowest BCUT2D eigenvalue weighted by Crippen LogP contribution is -2.37. The Labute approximate surface area is 106 Å². The van der Waals surface area contributed by atoms with Crippen molar-refractivity contribution in [1.82, 2.24) is 4.98 Å². The first-order valence-corrected chi connectivity index (χ1v) is 6.20. The number of carboxylic acids is 1. The van der Waals surface area contributed by atoms with Crippen molar-refractivity contribution in [3.8, 4) is 5.88 Å². The van der Waals surface area contributed by atoms with Crippen molar-refractivity contribution >= 4 is 11.7 Å². The van der Waals surface area contributed by atoms with Crippen molar-refractivity contribution < 1.29 is 14.6 Å². The van der Waals surface area contributed by atoms with Crippen LogP contribution in [0.4, 0.5) is 5.69 Å². The minimum Gasteiger partial charge on any atom is -0.481 e. The smallest absolute Gasteiger partial charge is 0.308 e. The van der Waals surface area contributed by atoms with Crippen LogP contribution in [0.3, 0.4) is 0 Å². The summed E-state index contributed by atoms with van der Waals surface area (Å²) in [5.74, 6) is -0.492. The van der Waals surface area contributed by atoms with Crippen molar-refractivity contribution in [1.29, 1.82) is 0 Å². The first kappa shape index (κ1) is 12.7. The third-order valence-corrected chi connectivity index (χ3v) is 3.38. The average Bonchev–Trinajstić information content (AvgIpc) is 2.39. The Kier molecular flexibility index (Phi) is 4.02. The summed E-state index contributed by atoms with van der Waals surface area (Å²) in [6.45, 7) is 0. The quantitative estimate of drug-likeness (QED) is 0.856. The monoisotopic (exact) mass is 250 g/mol. The fraction of sp³-hybridized carbons (Fsp3) is 0.538. The van der Waals surface area contributed by atoms with Crippen LogP contribution in [0, 0.1) is 5.92 Å². The molecule has 5 heteroatoms. The zero-order valence-electron chi connectivity index (χ0n) is 10.4. The second-order valence-electron chi connectivity index (χ2n) is 4.57. The highest BCUT2D eigenvalue weighted by Crippen LogP contribution is 2.28. The first-order valence-electron chi connectivity index (χ1n) is 6.20. The summed E-state index contributed by atoms with van der Waals surface area (Å²) in [7, 11) is 1.56. The number of nitrogens with zero attached hydrogens (tertiary/aromatic N) is 1. The summed E-state index contributed by atoms with van der Waals surface area (Å²) in [6, 6.07) is 3.60. The number of ether oxygens (including phenoxy) is 1. The van der Waals surface area contributed by atoms with Crippen LogP contribution in [0.1, 0.15) is 25.7 Å². The number of rotatable bonds is 4. The van der Waals surface area contributed by atoms with E-state index in [1.165, 1.54) is 0 Å². The largest absolute Gasteiger partial charge is 0.481 e. The van der Waals surface area contributed by atoms with E-state index in [0.29, 0.717) is 5.88 Å². The van der Waals surface area contributed by atoms with Gasteiger partial charge in [-0.25, -0.2) is 4.98 Å². The van der Waals surface area contributed by atoms with Gasteiger partial charge in [-0.3, -0.25) is 4.79 Å². The van der Waals surface area contributed by atoms with E-state index in [0.717, 1.165) is 31.4 Å². The summed E-state index contributed by atoms with van der Waals surface area (Å²) in [5, 5.41) is 12.5. The van der Waals surface area contributed by atoms with Gasteiger partial charge in [0.05, 0.1) is 13.0 Å². The number of aliphatic carboxylic acids is 1. The van der Waals surface area contributed by atoms with Crippen molar-refractivity contribution in [2.75, 3.05) is 12.4 Å². The van der Waals surface area contributed by atoms with Gasteiger partial charge in [-0.2, -0.15) is 0 Å². The van der Waals surface area contributed by atoms with Crippen LogP contribution in [-0.2, 0) is 4.79 Å². The van der Waals surface area contributed by atoms with Gasteiger partial charge in [0.25, 0.3) is 0 Å². The van der Waals surface area contributed by atoms with Crippen molar-refractivity contribution in [2.45, 2.75) is 31.7 Å². The molecule has 2 rings (SSSR count). The highest BCUT2D eigenvalue weighted by Gasteiger charge is 2.30. The molecule has 0 saturated heterocycles. The zero-order valence-corrected chi connectivity index (χ0v) is 10.4. The molecule has 0 amide bonds. The van der Waals surface area contributed by atoms with Gasteiger partial charge in [-0.15, -0.1) is 0 Å². The Morgan fingerprint density at radius 1 is 1.50 bits per heavy atom. The maximum atomic E-state index is 11.2. The highest BCUT2D eigenvalue weighted by molar-refractivity contribution is 5.71. The fourth-order valence-electron chi connectivity index (χ4n) is 2.42. The van der Waals surface area contributed by atoms with Crippen molar-refractivity contribution in [3.63, 3.8) is 0 Å². The number of methoxy groups -OCH3 is 1. The molecule has 98 valence electrons. The fourth-order valence-corrected chi connectivity index (χ4v) is 2.42. The lowest BCUT2D eigenvalue weighted by Gasteiger charge is -2.30. The number of hydrogen-bond donors (Lipinski definition) is 2. The van der Waals surface area contributed by atoms with E-state index in [2.05, 4.69) is 10.3 Å². The molecule has 0 bridgehead atoms. The molecule has 0 spiro atoms. The average molecular weight is 250 g/mol. The molecular weight excluding hydrogens is 232 g/mol. The Balaban J connectivity index is 2.08. The summed E-state index contributed by atoms with van der Waals surface area (Å²) >= 11 is 0. The Morgan fingerprint density at radius 3 is 3.00 bits per heavy atom. The number of pyridine rings is 1. The minimum absolute atomic E-state index is 0.0108. The number of aromatic nitrogens is 1. The minimum atomic E-state index is -0.715. The van der Waals surface area contributed by atoms with E-state index in [1.807, 2.05) is 6.07 Å². The molecule has 1 aromatic rings. The summed E-state index contributed by atoms with van der Waals surface area (Å²) in [6.07, 6.45) is 5.36. The van der Waals surface area contributed by atoms with E-state index in [-0.39, 0.29) is 12.0 Å². The molecule has 0 radical (unpaired) electrons. The van der Waals surface area contributed by atoms with Crippen LogP contribution in [0.15, 0.2) is 18.3 Å². The molecule has 5 nitrogen and oxygen atoms in total. The number of carbonyl (C=O) groups is 1. The lowest BCUT2D eigenvalue weighted by molar-refractivity contribution is -0.143. The Bertz CT molecular complexity index is 422. The second kappa shape index (κ2) is 5.71. The Hall–Kier alpha value is -1.78. The van der Waals surface area contributed by atoms with Crippen LogP contribution in [-0.4, -0.2) is 29.2 Å².